The van der Waals surface area contributed by atoms with E-state index in [-0.39, 0.29) is 0 Å². The van der Waals surface area contributed by atoms with Gasteiger partial charge in [-0.1, -0.05) is 42.5 Å². The van der Waals surface area contributed by atoms with Crippen LogP contribution in [0.1, 0.15) is 17.2 Å². The van der Waals surface area contributed by atoms with Crippen LogP contribution in [-0.2, 0) is 6.54 Å². The summed E-state index contributed by atoms with van der Waals surface area (Å²) in [6.45, 7) is 4.08. The maximum Gasteiger partial charge on any atom is 0.144 e. The summed E-state index contributed by atoms with van der Waals surface area (Å²) in [6, 6.07) is 19.2. The molecule has 2 heterocycles. The second-order valence-electron chi connectivity index (χ2n) is 7.11. The maximum absolute atomic E-state index is 5.46. The van der Waals surface area contributed by atoms with Gasteiger partial charge in [0.15, 0.2) is 0 Å². The zero-order valence-electron chi connectivity index (χ0n) is 16.0. The predicted molar refractivity (Wildman–Crippen MR) is 107 cm³/mol. The molecule has 140 valence electrons. The first-order chi connectivity index (χ1) is 13.2. The summed E-state index contributed by atoms with van der Waals surface area (Å²) in [5, 5.41) is 4.55. The van der Waals surface area contributed by atoms with Gasteiger partial charge in [0.25, 0.3) is 0 Å². The largest absolute Gasteiger partial charge is 0.494 e. The lowest BCUT2D eigenvalue weighted by atomic mass is 10.0. The molecule has 0 aliphatic carbocycles. The third-order valence-corrected chi connectivity index (χ3v) is 5.29. The Morgan fingerprint density at radius 3 is 2.63 bits per heavy atom. The standard InChI is InChI=1S/C22H26N4O/c1-24-12-13-25(17-21(24)19-8-4-3-5-9-19)15-18-14-23-26(16-18)20-10-6-7-11-22(20)27-2/h3-11,14,16,21H,12-13,15,17H2,1-2H3/t21-/m0/s1. The molecular formula is C22H26N4O. The van der Waals surface area contributed by atoms with Crippen molar-refractivity contribution in [2.45, 2.75) is 12.6 Å². The van der Waals surface area contributed by atoms with E-state index < -0.39 is 0 Å². The number of hydrogen-bond donors (Lipinski definition) is 0. The minimum atomic E-state index is 0.434. The Bertz CT molecular complexity index is 877. The molecule has 0 spiro atoms. The molecule has 1 aliphatic rings. The van der Waals surface area contributed by atoms with Crippen molar-refractivity contribution in [2.75, 3.05) is 33.8 Å². The molecule has 0 saturated carbocycles. The third-order valence-electron chi connectivity index (χ3n) is 5.29. The number of para-hydroxylation sites is 2. The van der Waals surface area contributed by atoms with E-state index in [0.717, 1.165) is 37.6 Å². The van der Waals surface area contributed by atoms with Crippen LogP contribution in [0, 0.1) is 0 Å². The fourth-order valence-corrected chi connectivity index (χ4v) is 3.76. The van der Waals surface area contributed by atoms with Gasteiger partial charge in [0.05, 0.1) is 13.3 Å². The number of methoxy groups -OCH3 is 1. The Morgan fingerprint density at radius 2 is 1.81 bits per heavy atom. The topological polar surface area (TPSA) is 33.5 Å². The van der Waals surface area contributed by atoms with Crippen molar-refractivity contribution >= 4 is 0 Å². The van der Waals surface area contributed by atoms with Crippen LogP contribution < -0.4 is 4.74 Å². The van der Waals surface area contributed by atoms with Gasteiger partial charge in [-0.05, 0) is 24.7 Å². The van der Waals surface area contributed by atoms with Crippen LogP contribution in [-0.4, -0.2) is 53.4 Å². The smallest absolute Gasteiger partial charge is 0.144 e. The first-order valence-electron chi connectivity index (χ1n) is 9.39. The highest BCUT2D eigenvalue weighted by Gasteiger charge is 2.25. The van der Waals surface area contributed by atoms with Gasteiger partial charge in [0.2, 0.25) is 0 Å². The lowest BCUT2D eigenvalue weighted by Crippen LogP contribution is -2.46. The monoisotopic (exact) mass is 362 g/mol. The van der Waals surface area contributed by atoms with Gasteiger partial charge >= 0.3 is 0 Å². The molecule has 1 atom stereocenters. The molecule has 0 amide bonds. The van der Waals surface area contributed by atoms with Crippen LogP contribution in [0.4, 0.5) is 0 Å². The van der Waals surface area contributed by atoms with E-state index in [1.165, 1.54) is 11.1 Å². The quantitative estimate of drug-likeness (QED) is 0.697. The van der Waals surface area contributed by atoms with Crippen LogP contribution in [0.3, 0.4) is 0 Å². The number of rotatable bonds is 5. The van der Waals surface area contributed by atoms with Gasteiger partial charge in [-0.3, -0.25) is 9.80 Å². The molecular weight excluding hydrogens is 336 g/mol. The first-order valence-corrected chi connectivity index (χ1v) is 9.39. The van der Waals surface area contributed by atoms with Gasteiger partial charge in [0.1, 0.15) is 11.4 Å². The number of hydrogen-bond acceptors (Lipinski definition) is 4. The van der Waals surface area contributed by atoms with E-state index in [1.807, 2.05) is 35.1 Å². The molecule has 0 bridgehead atoms. The number of aromatic nitrogens is 2. The molecule has 4 rings (SSSR count). The Kier molecular flexibility index (Phi) is 5.23. The van der Waals surface area contributed by atoms with Crippen LogP contribution in [0.25, 0.3) is 5.69 Å². The minimum Gasteiger partial charge on any atom is -0.494 e. The highest BCUT2D eigenvalue weighted by molar-refractivity contribution is 5.46. The number of piperazine rings is 1. The Balaban J connectivity index is 1.48. The van der Waals surface area contributed by atoms with Crippen molar-refractivity contribution in [1.29, 1.82) is 0 Å². The van der Waals surface area contributed by atoms with Crippen LogP contribution in [0.15, 0.2) is 67.0 Å². The molecule has 0 N–H and O–H groups in total. The van der Waals surface area contributed by atoms with E-state index >= 15 is 0 Å². The molecule has 1 saturated heterocycles. The van der Waals surface area contributed by atoms with Crippen molar-refractivity contribution in [2.24, 2.45) is 0 Å². The molecule has 5 heteroatoms. The Hall–Kier alpha value is -2.63. The zero-order chi connectivity index (χ0) is 18.6. The predicted octanol–water partition coefficient (Wildman–Crippen LogP) is 3.37. The Labute approximate surface area is 160 Å². The van der Waals surface area contributed by atoms with Crippen LogP contribution in [0.5, 0.6) is 5.75 Å². The molecule has 1 fully saturated rings. The molecule has 0 unspecified atom stereocenters. The molecule has 1 aliphatic heterocycles. The first kappa shape index (κ1) is 17.8. The SMILES string of the molecule is COc1ccccc1-n1cc(CN2CCN(C)[C@H](c3ccccc3)C2)cn1. The van der Waals surface area contributed by atoms with Gasteiger partial charge in [-0.15, -0.1) is 0 Å². The van der Waals surface area contributed by atoms with Crippen molar-refractivity contribution in [1.82, 2.24) is 19.6 Å². The molecule has 2 aromatic carbocycles. The summed E-state index contributed by atoms with van der Waals surface area (Å²) in [4.78, 5) is 4.96. The van der Waals surface area contributed by atoms with Crippen molar-refractivity contribution in [3.8, 4) is 11.4 Å². The summed E-state index contributed by atoms with van der Waals surface area (Å²) < 4.78 is 7.36. The lowest BCUT2D eigenvalue weighted by Gasteiger charge is -2.39. The molecule has 5 nitrogen and oxygen atoms in total. The average molecular weight is 362 g/mol. The zero-order valence-corrected chi connectivity index (χ0v) is 16.0. The second kappa shape index (κ2) is 7.94. The lowest BCUT2D eigenvalue weighted by molar-refractivity contribution is 0.0905. The van der Waals surface area contributed by atoms with Crippen molar-refractivity contribution < 1.29 is 4.74 Å². The van der Waals surface area contributed by atoms with Gasteiger partial charge in [-0.2, -0.15) is 5.10 Å². The van der Waals surface area contributed by atoms with E-state index in [0.29, 0.717) is 6.04 Å². The van der Waals surface area contributed by atoms with Gasteiger partial charge in [-0.25, -0.2) is 4.68 Å². The van der Waals surface area contributed by atoms with Crippen molar-refractivity contribution in [3.05, 3.63) is 78.1 Å². The highest BCUT2D eigenvalue weighted by atomic mass is 16.5. The summed E-state index contributed by atoms with van der Waals surface area (Å²) in [5.41, 5.74) is 3.57. The number of likely N-dealkylation sites (N-methyl/N-ethyl adjacent to an activating group) is 1. The summed E-state index contributed by atoms with van der Waals surface area (Å²) >= 11 is 0. The number of nitrogens with zero attached hydrogens (tertiary/aromatic N) is 4. The number of ether oxygens (including phenoxy) is 1. The fourth-order valence-electron chi connectivity index (χ4n) is 3.76. The van der Waals surface area contributed by atoms with Crippen LogP contribution >= 0.6 is 0 Å². The van der Waals surface area contributed by atoms with Crippen molar-refractivity contribution in [3.63, 3.8) is 0 Å². The van der Waals surface area contributed by atoms with E-state index in [1.54, 1.807) is 7.11 Å². The highest BCUT2D eigenvalue weighted by Crippen LogP contribution is 2.25. The fraction of sp³-hybridized carbons (Fsp3) is 0.318. The Morgan fingerprint density at radius 1 is 1.04 bits per heavy atom. The average Bonchev–Trinajstić information content (AvgIpc) is 3.18. The van der Waals surface area contributed by atoms with Gasteiger partial charge in [0, 0.05) is 44.0 Å². The number of benzene rings is 2. The molecule has 0 radical (unpaired) electrons. The summed E-state index contributed by atoms with van der Waals surface area (Å²) in [6.07, 6.45) is 4.07. The minimum absolute atomic E-state index is 0.434. The molecule has 27 heavy (non-hydrogen) atoms. The third kappa shape index (κ3) is 3.89. The summed E-state index contributed by atoms with van der Waals surface area (Å²) in [5.74, 6) is 0.830. The molecule has 1 aromatic heterocycles. The van der Waals surface area contributed by atoms with E-state index in [4.69, 9.17) is 4.74 Å². The van der Waals surface area contributed by atoms with E-state index in [9.17, 15) is 0 Å². The summed E-state index contributed by atoms with van der Waals surface area (Å²) in [7, 11) is 3.91. The van der Waals surface area contributed by atoms with Gasteiger partial charge < -0.3 is 4.74 Å². The van der Waals surface area contributed by atoms with Crippen LogP contribution in [0.2, 0.25) is 0 Å². The molecule has 3 aromatic rings. The second-order valence-corrected chi connectivity index (χ2v) is 7.11. The normalized spacial score (nSPS) is 18.5. The van der Waals surface area contributed by atoms with E-state index in [2.05, 4.69) is 58.5 Å². The maximum atomic E-state index is 5.46.